The van der Waals surface area contributed by atoms with Crippen LogP contribution >= 0.6 is 0 Å². The lowest BCUT2D eigenvalue weighted by Crippen LogP contribution is -2.11. The molecule has 0 aliphatic rings. The molecule has 0 amide bonds. The van der Waals surface area contributed by atoms with Crippen molar-refractivity contribution in [3.05, 3.63) is 24.0 Å². The molecule has 0 heterocycles. The summed E-state index contributed by atoms with van der Waals surface area (Å²) in [6.45, 7) is 1.92. The third kappa shape index (κ3) is 4.85. The highest BCUT2D eigenvalue weighted by Gasteiger charge is 2.10. The van der Waals surface area contributed by atoms with Crippen LogP contribution in [0.5, 0.6) is 5.75 Å². The predicted octanol–water partition coefficient (Wildman–Crippen LogP) is 4.28. The fraction of sp³-hybridized carbons (Fsp3) is 0.538. The van der Waals surface area contributed by atoms with E-state index in [1.165, 1.54) is 12.1 Å². The van der Waals surface area contributed by atoms with Gasteiger partial charge in [0, 0.05) is 18.3 Å². The molecule has 1 N–H and O–H groups in total. The SMILES string of the molecule is CCCC(C)CNc1ccc(OC(F)F)c(F)c1. The molecule has 2 nitrogen and oxygen atoms in total. The first-order valence-corrected chi connectivity index (χ1v) is 6.01. The van der Waals surface area contributed by atoms with E-state index in [1.54, 1.807) is 0 Å². The van der Waals surface area contributed by atoms with Gasteiger partial charge < -0.3 is 10.1 Å². The molecular formula is C13H18F3NO. The number of halogens is 3. The third-order valence-corrected chi connectivity index (χ3v) is 2.58. The van der Waals surface area contributed by atoms with Crippen molar-refractivity contribution in [2.24, 2.45) is 5.92 Å². The maximum Gasteiger partial charge on any atom is 0.387 e. The summed E-state index contributed by atoms with van der Waals surface area (Å²) in [4.78, 5) is 0. The predicted molar refractivity (Wildman–Crippen MR) is 65.6 cm³/mol. The third-order valence-electron chi connectivity index (χ3n) is 2.58. The van der Waals surface area contributed by atoms with Crippen molar-refractivity contribution < 1.29 is 17.9 Å². The van der Waals surface area contributed by atoms with E-state index < -0.39 is 18.2 Å². The monoisotopic (exact) mass is 261 g/mol. The maximum absolute atomic E-state index is 13.4. The highest BCUT2D eigenvalue weighted by molar-refractivity contribution is 5.47. The summed E-state index contributed by atoms with van der Waals surface area (Å²) in [5.74, 6) is -0.740. The van der Waals surface area contributed by atoms with Gasteiger partial charge in [0.15, 0.2) is 11.6 Å². The van der Waals surface area contributed by atoms with E-state index >= 15 is 0 Å². The highest BCUT2D eigenvalue weighted by atomic mass is 19.3. The largest absolute Gasteiger partial charge is 0.432 e. The van der Waals surface area contributed by atoms with Gasteiger partial charge in [-0.15, -0.1) is 0 Å². The van der Waals surface area contributed by atoms with E-state index in [0.717, 1.165) is 25.5 Å². The molecule has 1 rings (SSSR count). The number of benzene rings is 1. The lowest BCUT2D eigenvalue weighted by Gasteiger charge is -2.13. The number of hydrogen-bond donors (Lipinski definition) is 1. The molecule has 0 spiro atoms. The number of nitrogens with one attached hydrogen (secondary N) is 1. The molecule has 18 heavy (non-hydrogen) atoms. The summed E-state index contributed by atoms with van der Waals surface area (Å²) in [7, 11) is 0. The molecule has 0 radical (unpaired) electrons. The fourth-order valence-electron chi connectivity index (χ4n) is 1.69. The van der Waals surface area contributed by atoms with Crippen LogP contribution in [-0.4, -0.2) is 13.2 Å². The molecule has 1 unspecified atom stereocenters. The topological polar surface area (TPSA) is 21.3 Å². The Balaban J connectivity index is 2.56. The smallest absolute Gasteiger partial charge is 0.387 e. The van der Waals surface area contributed by atoms with Gasteiger partial charge in [-0.25, -0.2) is 4.39 Å². The maximum atomic E-state index is 13.4. The van der Waals surface area contributed by atoms with Crippen LogP contribution in [0.2, 0.25) is 0 Å². The van der Waals surface area contributed by atoms with Crippen molar-refractivity contribution >= 4 is 5.69 Å². The molecule has 102 valence electrons. The fourth-order valence-corrected chi connectivity index (χ4v) is 1.69. The summed E-state index contributed by atoms with van der Waals surface area (Å²) < 4.78 is 41.3. The molecule has 0 fully saturated rings. The second-order valence-corrected chi connectivity index (χ2v) is 4.30. The summed E-state index contributed by atoms with van der Waals surface area (Å²) in [5.41, 5.74) is 0.567. The van der Waals surface area contributed by atoms with E-state index in [9.17, 15) is 13.2 Å². The van der Waals surface area contributed by atoms with Crippen LogP contribution in [0.4, 0.5) is 18.9 Å². The van der Waals surface area contributed by atoms with Gasteiger partial charge in [0.2, 0.25) is 0 Å². The van der Waals surface area contributed by atoms with Crippen LogP contribution in [0.3, 0.4) is 0 Å². The van der Waals surface area contributed by atoms with E-state index in [4.69, 9.17) is 0 Å². The molecular weight excluding hydrogens is 243 g/mol. The van der Waals surface area contributed by atoms with Gasteiger partial charge >= 0.3 is 6.61 Å². The quantitative estimate of drug-likeness (QED) is 0.791. The van der Waals surface area contributed by atoms with Crippen molar-refractivity contribution in [2.45, 2.75) is 33.3 Å². The number of alkyl halides is 2. The van der Waals surface area contributed by atoms with E-state index in [0.29, 0.717) is 11.6 Å². The Kier molecular flexibility index (Phi) is 5.82. The average molecular weight is 261 g/mol. The molecule has 0 aromatic heterocycles. The Morgan fingerprint density at radius 3 is 2.61 bits per heavy atom. The first-order valence-electron chi connectivity index (χ1n) is 6.01. The van der Waals surface area contributed by atoms with E-state index in [1.807, 2.05) is 0 Å². The minimum absolute atomic E-state index is 0.433. The molecule has 0 saturated heterocycles. The van der Waals surface area contributed by atoms with Crippen LogP contribution in [0.1, 0.15) is 26.7 Å². The number of ether oxygens (including phenoxy) is 1. The minimum atomic E-state index is -3.01. The van der Waals surface area contributed by atoms with Crippen LogP contribution in [0.15, 0.2) is 18.2 Å². The van der Waals surface area contributed by atoms with Gasteiger partial charge in [0.25, 0.3) is 0 Å². The molecule has 0 aliphatic carbocycles. The van der Waals surface area contributed by atoms with Gasteiger partial charge in [-0.1, -0.05) is 20.3 Å². The first kappa shape index (κ1) is 14.7. The summed E-state index contributed by atoms with van der Waals surface area (Å²) in [6.07, 6.45) is 2.18. The summed E-state index contributed by atoms with van der Waals surface area (Å²) in [6, 6.07) is 3.89. The lowest BCUT2D eigenvalue weighted by molar-refractivity contribution is -0.0521. The number of rotatable bonds is 7. The molecule has 0 bridgehead atoms. The molecule has 0 saturated carbocycles. The highest BCUT2D eigenvalue weighted by Crippen LogP contribution is 2.23. The molecule has 5 heteroatoms. The van der Waals surface area contributed by atoms with Crippen molar-refractivity contribution in [3.63, 3.8) is 0 Å². The number of anilines is 1. The van der Waals surface area contributed by atoms with Crippen molar-refractivity contribution in [3.8, 4) is 5.75 Å². The number of hydrogen-bond acceptors (Lipinski definition) is 2. The van der Waals surface area contributed by atoms with Crippen molar-refractivity contribution in [1.29, 1.82) is 0 Å². The zero-order valence-corrected chi connectivity index (χ0v) is 10.6. The van der Waals surface area contributed by atoms with Gasteiger partial charge in [0.05, 0.1) is 0 Å². The molecule has 1 aromatic rings. The Morgan fingerprint density at radius 2 is 2.06 bits per heavy atom. The first-order chi connectivity index (χ1) is 8.52. The second kappa shape index (κ2) is 7.13. The van der Waals surface area contributed by atoms with Gasteiger partial charge in [-0.2, -0.15) is 8.78 Å². The molecule has 1 aromatic carbocycles. The Bertz CT molecular complexity index is 371. The van der Waals surface area contributed by atoms with E-state index in [-0.39, 0.29) is 0 Å². The Labute approximate surface area is 105 Å². The molecule has 0 aliphatic heterocycles. The zero-order chi connectivity index (χ0) is 13.5. The van der Waals surface area contributed by atoms with Gasteiger partial charge in [0.1, 0.15) is 0 Å². The lowest BCUT2D eigenvalue weighted by atomic mass is 10.1. The van der Waals surface area contributed by atoms with E-state index in [2.05, 4.69) is 23.9 Å². The van der Waals surface area contributed by atoms with Crippen molar-refractivity contribution in [2.75, 3.05) is 11.9 Å². The van der Waals surface area contributed by atoms with Crippen LogP contribution in [0, 0.1) is 11.7 Å². The Morgan fingerprint density at radius 1 is 1.33 bits per heavy atom. The minimum Gasteiger partial charge on any atom is -0.432 e. The van der Waals surface area contributed by atoms with Crippen LogP contribution in [-0.2, 0) is 0 Å². The van der Waals surface area contributed by atoms with Crippen LogP contribution in [0.25, 0.3) is 0 Å². The summed E-state index contributed by atoms with van der Waals surface area (Å²) in [5, 5.41) is 3.07. The average Bonchev–Trinajstić information content (AvgIpc) is 2.29. The standard InChI is InChI=1S/C13H18F3NO/c1-3-4-9(2)8-17-10-5-6-12(11(14)7-10)18-13(15)16/h5-7,9,13,17H,3-4,8H2,1-2H3. The van der Waals surface area contributed by atoms with Gasteiger partial charge in [-0.05, 0) is 24.5 Å². The zero-order valence-electron chi connectivity index (χ0n) is 10.6. The van der Waals surface area contributed by atoms with Crippen LogP contribution < -0.4 is 10.1 Å². The summed E-state index contributed by atoms with van der Waals surface area (Å²) >= 11 is 0. The molecule has 1 atom stereocenters. The van der Waals surface area contributed by atoms with Crippen molar-refractivity contribution in [1.82, 2.24) is 0 Å². The normalized spacial score (nSPS) is 12.6. The van der Waals surface area contributed by atoms with Gasteiger partial charge in [-0.3, -0.25) is 0 Å². The second-order valence-electron chi connectivity index (χ2n) is 4.30. The Hall–Kier alpha value is -1.39.